The maximum absolute atomic E-state index is 13.2. The summed E-state index contributed by atoms with van der Waals surface area (Å²) in [6.45, 7) is 0.190. The average molecular weight is 584 g/mol. The van der Waals surface area contributed by atoms with Crippen LogP contribution in [0.2, 0.25) is 0 Å². The van der Waals surface area contributed by atoms with Crippen LogP contribution in [0.5, 0.6) is 0 Å². The van der Waals surface area contributed by atoms with Crippen molar-refractivity contribution in [3.63, 3.8) is 0 Å². The number of aromatic nitrogens is 5. The van der Waals surface area contributed by atoms with Gasteiger partial charge >= 0.3 is 11.6 Å². The number of oxime groups is 1. The molecule has 1 fully saturated rings. The van der Waals surface area contributed by atoms with Crippen LogP contribution in [0.4, 0.5) is 10.9 Å². The van der Waals surface area contributed by atoms with Gasteiger partial charge in [-0.2, -0.15) is 9.36 Å². The van der Waals surface area contributed by atoms with E-state index < -0.39 is 29.2 Å². The van der Waals surface area contributed by atoms with E-state index in [0.717, 1.165) is 18.0 Å². The summed E-state index contributed by atoms with van der Waals surface area (Å²) in [5.41, 5.74) is 12.6. The number of hydrogen-bond acceptors (Lipinski definition) is 12. The maximum Gasteiger partial charge on any atom is 0.352 e. The number of β-lactam (4-membered cyclic amide) rings is 1. The van der Waals surface area contributed by atoms with Crippen LogP contribution < -0.4 is 21.4 Å². The minimum absolute atomic E-state index is 0.0270. The summed E-state index contributed by atoms with van der Waals surface area (Å²) < 4.78 is 7.37. The molecule has 0 bridgehead atoms. The standard InChI is InChI=1S/C23H22N10O5S2/c24-13-9-31(14-6-3-7-26-33(13)14)8-11-10-39-21-16(20(35)32(21)17(11)22(36)37)27-19(34)15(18-28-23(25)40-30-18)29-38-12-4-1-2-5-12/h1,3-4,6-7,9,12,16,21H,2,5,8,10H2,(H5-,24,25,26,27,28,30,34,36,37)/p+1/b29-15-/t12?,16-,21-/m1/s1. The number of nitrogens with zero attached hydrogens (tertiary/aromatic N) is 7. The Bertz CT molecular complexity index is 1630. The van der Waals surface area contributed by atoms with Gasteiger partial charge in [0.1, 0.15) is 29.8 Å². The molecule has 2 aliphatic heterocycles. The molecular weight excluding hydrogens is 560 g/mol. The molecule has 3 atom stereocenters. The number of carbonyl (C=O) groups is 3. The molecule has 0 spiro atoms. The summed E-state index contributed by atoms with van der Waals surface area (Å²) in [5.74, 6) is -1.85. The number of rotatable bonds is 8. The lowest BCUT2D eigenvalue weighted by atomic mass is 10.0. The van der Waals surface area contributed by atoms with Gasteiger partial charge in [0.2, 0.25) is 11.5 Å². The first-order chi connectivity index (χ1) is 19.3. The van der Waals surface area contributed by atoms with E-state index in [2.05, 4.69) is 24.9 Å². The van der Waals surface area contributed by atoms with E-state index in [1.165, 1.54) is 21.2 Å². The first kappa shape index (κ1) is 25.8. The number of imidazole rings is 1. The molecule has 1 unspecified atom stereocenters. The second-order valence-electron chi connectivity index (χ2n) is 9.14. The van der Waals surface area contributed by atoms with Gasteiger partial charge in [-0.15, -0.1) is 11.8 Å². The Kier molecular flexibility index (Phi) is 6.59. The molecule has 15 nitrogen and oxygen atoms in total. The number of thioether (sulfide) groups is 1. The monoisotopic (exact) mass is 583 g/mol. The number of anilines is 2. The van der Waals surface area contributed by atoms with Gasteiger partial charge in [-0.1, -0.05) is 20.8 Å². The Balaban J connectivity index is 1.22. The SMILES string of the molecule is Nc1nc(/C(=N/OC2C=CCC2)C(=O)N[C@@H]2C(=O)N3C(C(=O)O)=C(C[n+]4cc(N)n5ncccc54)CS[C@H]23)ns1. The fourth-order valence-electron chi connectivity index (χ4n) is 4.74. The number of nitrogens with two attached hydrogens (primary N) is 2. The lowest BCUT2D eigenvalue weighted by molar-refractivity contribution is -0.662. The summed E-state index contributed by atoms with van der Waals surface area (Å²) in [5, 5.41) is 20.4. The zero-order chi connectivity index (χ0) is 28.0. The Morgan fingerprint density at radius 2 is 2.20 bits per heavy atom. The van der Waals surface area contributed by atoms with E-state index in [-0.39, 0.29) is 35.0 Å². The summed E-state index contributed by atoms with van der Waals surface area (Å²) in [4.78, 5) is 49.5. The molecule has 0 aromatic carbocycles. The van der Waals surface area contributed by atoms with E-state index in [1.54, 1.807) is 29.1 Å². The molecule has 40 heavy (non-hydrogen) atoms. The number of nitrogen functional groups attached to an aromatic ring is 2. The Labute approximate surface area is 234 Å². The zero-order valence-corrected chi connectivity index (χ0v) is 22.3. The Morgan fingerprint density at radius 3 is 2.92 bits per heavy atom. The number of aliphatic carboxylic acids is 1. The predicted molar refractivity (Wildman–Crippen MR) is 144 cm³/mol. The summed E-state index contributed by atoms with van der Waals surface area (Å²) in [6.07, 6.45) is 8.30. The van der Waals surface area contributed by atoms with Gasteiger partial charge < -0.3 is 26.7 Å². The third-order valence-electron chi connectivity index (χ3n) is 6.57. The number of carbonyl (C=O) groups excluding carboxylic acids is 2. The summed E-state index contributed by atoms with van der Waals surface area (Å²) in [6, 6.07) is 2.57. The molecule has 3 aromatic heterocycles. The Morgan fingerprint density at radius 1 is 1.35 bits per heavy atom. The molecular formula is C23H23N10O5S2+. The summed E-state index contributed by atoms with van der Waals surface area (Å²) >= 11 is 2.24. The van der Waals surface area contributed by atoms with Gasteiger partial charge in [0, 0.05) is 28.9 Å². The van der Waals surface area contributed by atoms with Crippen LogP contribution in [-0.4, -0.2) is 75.7 Å². The highest BCUT2D eigenvalue weighted by Crippen LogP contribution is 2.40. The predicted octanol–water partition coefficient (Wildman–Crippen LogP) is -0.484. The third-order valence-corrected chi connectivity index (χ3v) is 8.45. The van der Waals surface area contributed by atoms with Gasteiger partial charge in [0.15, 0.2) is 11.3 Å². The molecule has 6 rings (SSSR count). The number of hydrogen-bond donors (Lipinski definition) is 4. The van der Waals surface area contributed by atoms with Crippen LogP contribution in [0.15, 0.2) is 53.1 Å². The first-order valence-electron chi connectivity index (χ1n) is 12.1. The highest BCUT2D eigenvalue weighted by Gasteiger charge is 2.54. The van der Waals surface area contributed by atoms with Gasteiger partial charge in [-0.25, -0.2) is 9.36 Å². The highest BCUT2D eigenvalue weighted by molar-refractivity contribution is 8.00. The second kappa shape index (κ2) is 10.2. The smallest absolute Gasteiger partial charge is 0.352 e. The van der Waals surface area contributed by atoms with Crippen molar-refractivity contribution in [3.05, 3.63) is 53.8 Å². The number of carboxylic acid groups (broad SMARTS) is 1. The molecule has 2 amide bonds. The number of nitrogens with one attached hydrogen (secondary N) is 1. The number of amides is 2. The van der Waals surface area contributed by atoms with Gasteiger partial charge in [-0.3, -0.25) is 14.5 Å². The number of fused-ring (bicyclic) bond motifs is 2. The molecule has 17 heteroatoms. The van der Waals surface area contributed by atoms with Crippen LogP contribution in [0.25, 0.3) is 5.65 Å². The third kappa shape index (κ3) is 4.51. The molecule has 1 saturated heterocycles. The molecule has 3 aromatic rings. The quantitative estimate of drug-likeness (QED) is 0.0875. The van der Waals surface area contributed by atoms with E-state index in [1.807, 2.05) is 12.2 Å². The largest absolute Gasteiger partial charge is 0.477 e. The van der Waals surface area contributed by atoms with Crippen LogP contribution in [0.1, 0.15) is 18.7 Å². The Hall–Kier alpha value is -4.51. The molecule has 1 aliphatic carbocycles. The van der Waals surface area contributed by atoms with Crippen molar-refractivity contribution >= 4 is 63.4 Å². The first-order valence-corrected chi connectivity index (χ1v) is 14.0. The van der Waals surface area contributed by atoms with Crippen LogP contribution in [-0.2, 0) is 25.8 Å². The fraction of sp³-hybridized carbons (Fsp3) is 0.304. The normalized spacial score (nSPS) is 22.4. The van der Waals surface area contributed by atoms with E-state index in [9.17, 15) is 19.5 Å². The van der Waals surface area contributed by atoms with E-state index in [0.29, 0.717) is 29.2 Å². The molecule has 0 saturated carbocycles. The fourth-order valence-corrected chi connectivity index (χ4v) is 6.51. The van der Waals surface area contributed by atoms with Gasteiger partial charge in [-0.05, 0) is 25.0 Å². The van der Waals surface area contributed by atoms with Gasteiger partial charge in [0.05, 0.1) is 6.20 Å². The van der Waals surface area contributed by atoms with Crippen molar-refractivity contribution in [2.75, 3.05) is 17.2 Å². The van der Waals surface area contributed by atoms with E-state index in [4.69, 9.17) is 16.3 Å². The minimum atomic E-state index is -1.24. The molecule has 5 heterocycles. The van der Waals surface area contributed by atoms with E-state index >= 15 is 0 Å². The highest BCUT2D eigenvalue weighted by atomic mass is 32.2. The average Bonchev–Trinajstić information content (AvgIpc) is 3.69. The lowest BCUT2D eigenvalue weighted by Gasteiger charge is -2.49. The minimum Gasteiger partial charge on any atom is -0.477 e. The lowest BCUT2D eigenvalue weighted by Crippen LogP contribution is -2.71. The number of carboxylic acids is 1. The van der Waals surface area contributed by atoms with Crippen LogP contribution in [0.3, 0.4) is 0 Å². The number of allylic oxidation sites excluding steroid dienone is 1. The molecule has 3 aliphatic rings. The molecule has 206 valence electrons. The zero-order valence-electron chi connectivity index (χ0n) is 20.7. The van der Waals surface area contributed by atoms with Crippen molar-refractivity contribution < 1.29 is 28.9 Å². The van der Waals surface area contributed by atoms with Crippen molar-refractivity contribution in [2.45, 2.75) is 36.9 Å². The van der Waals surface area contributed by atoms with Gasteiger partial charge in [0.25, 0.3) is 17.6 Å². The maximum atomic E-state index is 13.2. The summed E-state index contributed by atoms with van der Waals surface area (Å²) in [7, 11) is 0. The van der Waals surface area contributed by atoms with Crippen LogP contribution in [0, 0.1) is 0 Å². The molecule has 6 N–H and O–H groups in total. The van der Waals surface area contributed by atoms with Crippen molar-refractivity contribution in [1.82, 2.24) is 29.2 Å². The van der Waals surface area contributed by atoms with Crippen molar-refractivity contribution in [1.29, 1.82) is 0 Å². The van der Waals surface area contributed by atoms with Crippen molar-refractivity contribution in [3.8, 4) is 0 Å². The topological polar surface area (TPSA) is 207 Å². The van der Waals surface area contributed by atoms with Crippen molar-refractivity contribution in [2.24, 2.45) is 5.16 Å². The molecule has 0 radical (unpaired) electrons. The second-order valence-corrected chi connectivity index (χ2v) is 11.0. The van der Waals surface area contributed by atoms with Crippen LogP contribution >= 0.6 is 23.3 Å².